The summed E-state index contributed by atoms with van der Waals surface area (Å²) in [5.74, 6) is 1.16. The molecule has 1 rings (SSSR count). The number of rotatable bonds is 22. The highest BCUT2D eigenvalue weighted by molar-refractivity contribution is 7.99. The molecule has 0 saturated carbocycles. The van der Waals surface area contributed by atoms with Gasteiger partial charge in [-0.2, -0.15) is 16.6 Å². The molecular weight excluding hydrogens is 471 g/mol. The lowest BCUT2D eigenvalue weighted by Crippen LogP contribution is -2.25. The highest BCUT2D eigenvalue weighted by Crippen LogP contribution is 2.25. The topological polar surface area (TPSA) is 82.1 Å². The molecular formula is C26H45O6PS. The van der Waals surface area contributed by atoms with Crippen molar-refractivity contribution in [1.82, 2.24) is 0 Å². The fourth-order valence-electron chi connectivity index (χ4n) is 3.69. The minimum atomic E-state index is -3.34. The summed E-state index contributed by atoms with van der Waals surface area (Å²) in [6.07, 6.45) is 14.5. The van der Waals surface area contributed by atoms with Crippen molar-refractivity contribution in [2.45, 2.75) is 102 Å². The number of thioether (sulfide) groups is 1. The van der Waals surface area contributed by atoms with E-state index in [2.05, 4.69) is 54.0 Å². The van der Waals surface area contributed by atoms with Crippen molar-refractivity contribution in [3.63, 3.8) is 0 Å². The summed E-state index contributed by atoms with van der Waals surface area (Å²) in [4.78, 5) is 28.4. The first-order chi connectivity index (χ1) is 16.5. The van der Waals surface area contributed by atoms with Crippen LogP contribution in [0.2, 0.25) is 0 Å². The lowest BCUT2D eigenvalue weighted by molar-refractivity contribution is -0.233. The number of ether oxygens (including phenoxy) is 1. The van der Waals surface area contributed by atoms with Crippen molar-refractivity contribution in [2.24, 2.45) is 0 Å². The van der Waals surface area contributed by atoms with E-state index in [-0.39, 0.29) is 12.7 Å². The van der Waals surface area contributed by atoms with Crippen LogP contribution in [0.25, 0.3) is 0 Å². The van der Waals surface area contributed by atoms with E-state index in [0.717, 1.165) is 5.75 Å². The number of aryl methyl sites for hydroxylation is 1. The van der Waals surface area contributed by atoms with E-state index in [1.54, 1.807) is 0 Å². The second kappa shape index (κ2) is 21.4. The van der Waals surface area contributed by atoms with Gasteiger partial charge in [0.1, 0.15) is 0 Å². The number of hydrogen-bond acceptors (Lipinski definition) is 6. The Labute approximate surface area is 211 Å². The van der Waals surface area contributed by atoms with E-state index in [1.165, 1.54) is 76.2 Å². The lowest BCUT2D eigenvalue weighted by Gasteiger charge is -2.24. The Morgan fingerprint density at radius 3 is 2.41 bits per heavy atom. The molecule has 3 atom stereocenters. The summed E-state index contributed by atoms with van der Waals surface area (Å²) in [5.41, 5.74) is 0.206. The number of carbonyl (C=O) groups excluding carboxylic acids is 1. The quantitative estimate of drug-likeness (QED) is 0.0736. The molecule has 0 amide bonds. The predicted octanol–water partition coefficient (Wildman–Crippen LogP) is 7.58. The number of hydrogen-bond donors (Lipinski definition) is 1. The summed E-state index contributed by atoms with van der Waals surface area (Å²) >= 11 is 2.04. The van der Waals surface area contributed by atoms with Crippen LogP contribution >= 0.6 is 19.8 Å². The van der Waals surface area contributed by atoms with Gasteiger partial charge in [-0.05, 0) is 50.3 Å². The molecule has 1 aromatic rings. The number of unbranched alkanes of at least 4 members (excludes halogenated alkanes) is 7. The van der Waals surface area contributed by atoms with E-state index in [1.807, 2.05) is 11.8 Å². The van der Waals surface area contributed by atoms with Crippen molar-refractivity contribution in [3.8, 4) is 0 Å². The van der Waals surface area contributed by atoms with Crippen LogP contribution in [0.4, 0.5) is 4.79 Å². The molecule has 3 unspecified atom stereocenters. The molecule has 0 radical (unpaired) electrons. The summed E-state index contributed by atoms with van der Waals surface area (Å²) in [7, 11) is -3.34. The molecule has 196 valence electrons. The Bertz CT molecular complexity index is 645. The van der Waals surface area contributed by atoms with Gasteiger partial charge >= 0.3 is 5.71 Å². The molecule has 8 heteroatoms. The molecule has 0 saturated heterocycles. The van der Waals surface area contributed by atoms with Gasteiger partial charge in [0.05, 0.1) is 12.7 Å². The van der Waals surface area contributed by atoms with Crippen molar-refractivity contribution in [1.29, 1.82) is 0 Å². The van der Waals surface area contributed by atoms with Gasteiger partial charge in [-0.15, -0.1) is 0 Å². The second-order valence-electron chi connectivity index (χ2n) is 8.69. The van der Waals surface area contributed by atoms with E-state index in [4.69, 9.17) is 9.63 Å². The Kier molecular flexibility index (Phi) is 19.7. The second-order valence-corrected chi connectivity index (χ2v) is 11.1. The fraction of sp³-hybridized carbons (Fsp3) is 0.731. The summed E-state index contributed by atoms with van der Waals surface area (Å²) < 4.78 is 16.6. The molecule has 1 N–H and O–H groups in total. The Morgan fingerprint density at radius 2 is 1.68 bits per heavy atom. The maximum Gasteiger partial charge on any atom is 0.421 e. The molecule has 0 spiro atoms. The van der Waals surface area contributed by atoms with Gasteiger partial charge in [-0.3, -0.25) is 9.45 Å². The molecule has 0 aromatic heterocycles. The van der Waals surface area contributed by atoms with E-state index in [9.17, 15) is 9.36 Å². The van der Waals surface area contributed by atoms with Crippen LogP contribution in [0.3, 0.4) is 0 Å². The van der Waals surface area contributed by atoms with Gasteiger partial charge in [0, 0.05) is 11.9 Å². The molecule has 6 nitrogen and oxygen atoms in total. The summed E-state index contributed by atoms with van der Waals surface area (Å²) in [5, 5.41) is 0.477. The average Bonchev–Trinajstić information content (AvgIpc) is 2.84. The SMILES string of the molecule is CCCCCCCC(SCCCCCCc1ccccc1)C(C)OCCCOOC(=O)[PH](=O)O. The smallest absolute Gasteiger partial charge is 0.377 e. The Hall–Kier alpha value is -0.850. The van der Waals surface area contributed by atoms with Crippen LogP contribution < -0.4 is 0 Å². The molecule has 0 aliphatic carbocycles. The largest absolute Gasteiger partial charge is 0.421 e. The van der Waals surface area contributed by atoms with Crippen LogP contribution in [0.15, 0.2) is 30.3 Å². The van der Waals surface area contributed by atoms with Gasteiger partial charge in [0.15, 0.2) is 0 Å². The van der Waals surface area contributed by atoms with Crippen LogP contribution in [0, 0.1) is 0 Å². The molecule has 34 heavy (non-hydrogen) atoms. The maximum atomic E-state index is 10.9. The highest BCUT2D eigenvalue weighted by Gasteiger charge is 2.18. The molecule has 0 aliphatic heterocycles. The molecule has 0 heterocycles. The first kappa shape index (κ1) is 31.2. The zero-order valence-electron chi connectivity index (χ0n) is 21.0. The van der Waals surface area contributed by atoms with Crippen LogP contribution in [0.5, 0.6) is 0 Å². The van der Waals surface area contributed by atoms with Crippen LogP contribution in [0.1, 0.15) is 90.0 Å². The zero-order valence-corrected chi connectivity index (χ0v) is 22.9. The van der Waals surface area contributed by atoms with Crippen LogP contribution in [-0.4, -0.2) is 40.9 Å². The third-order valence-electron chi connectivity index (χ3n) is 5.71. The Balaban J connectivity index is 2.22. The van der Waals surface area contributed by atoms with Gasteiger partial charge < -0.3 is 9.63 Å². The minimum absolute atomic E-state index is 0.144. The van der Waals surface area contributed by atoms with Gasteiger partial charge in [-0.25, -0.2) is 4.79 Å². The van der Waals surface area contributed by atoms with E-state index >= 15 is 0 Å². The van der Waals surface area contributed by atoms with Gasteiger partial charge in [0.25, 0.3) is 8.03 Å². The zero-order chi connectivity index (χ0) is 24.9. The number of carbonyl (C=O) groups is 1. The first-order valence-corrected chi connectivity index (χ1v) is 15.3. The fourth-order valence-corrected chi connectivity index (χ4v) is 5.18. The molecule has 0 bridgehead atoms. The predicted molar refractivity (Wildman–Crippen MR) is 142 cm³/mol. The minimum Gasteiger partial charge on any atom is -0.377 e. The third kappa shape index (κ3) is 16.7. The van der Waals surface area contributed by atoms with Crippen molar-refractivity contribution in [3.05, 3.63) is 35.9 Å². The molecule has 0 fully saturated rings. The van der Waals surface area contributed by atoms with Gasteiger partial charge in [0.2, 0.25) is 0 Å². The number of benzene rings is 1. The van der Waals surface area contributed by atoms with Crippen molar-refractivity contribution >= 4 is 25.5 Å². The normalized spacial score (nSPS) is 14.0. The standard InChI is InChI=1S/C26H45O6PS/c1-3-4-5-6-13-19-25(23(2)30-20-15-21-31-32-26(27)33(28)29)34-22-14-8-7-10-16-24-17-11-9-12-18-24/h9,11-12,17-18,23,25,33H,3-8,10,13-16,19-22H2,1-2H3,(H,28,29). The average molecular weight is 517 g/mol. The maximum absolute atomic E-state index is 10.9. The van der Waals surface area contributed by atoms with E-state index in [0.29, 0.717) is 18.3 Å². The monoisotopic (exact) mass is 516 g/mol. The first-order valence-electron chi connectivity index (χ1n) is 12.9. The molecule has 1 aromatic carbocycles. The Morgan fingerprint density at radius 1 is 0.971 bits per heavy atom. The van der Waals surface area contributed by atoms with E-state index < -0.39 is 13.7 Å². The van der Waals surface area contributed by atoms with Gasteiger partial charge in [-0.1, -0.05) is 82.2 Å². The lowest BCUT2D eigenvalue weighted by atomic mass is 10.1. The van der Waals surface area contributed by atoms with Crippen molar-refractivity contribution < 1.29 is 28.8 Å². The summed E-state index contributed by atoms with van der Waals surface area (Å²) in [6, 6.07) is 10.7. The van der Waals surface area contributed by atoms with Crippen LogP contribution in [-0.2, 0) is 25.5 Å². The highest BCUT2D eigenvalue weighted by atomic mass is 32.2. The third-order valence-corrected chi connectivity index (χ3v) is 7.72. The molecule has 0 aliphatic rings. The van der Waals surface area contributed by atoms with Crippen molar-refractivity contribution in [2.75, 3.05) is 19.0 Å². The summed E-state index contributed by atoms with van der Waals surface area (Å²) in [6.45, 7) is 5.02.